The van der Waals surface area contributed by atoms with Crippen molar-refractivity contribution < 1.29 is 13.9 Å². The van der Waals surface area contributed by atoms with Gasteiger partial charge in [0, 0.05) is 18.7 Å². The Morgan fingerprint density at radius 2 is 2.30 bits per heavy atom. The maximum Gasteiger partial charge on any atom is 0.254 e. The molecule has 3 N–H and O–H groups in total. The highest BCUT2D eigenvalue weighted by molar-refractivity contribution is 5.95. The second kappa shape index (κ2) is 6.51. The lowest BCUT2D eigenvalue weighted by Crippen LogP contribution is -2.47. The summed E-state index contributed by atoms with van der Waals surface area (Å²) < 4.78 is 18.8. The Hall–Kier alpha value is -1.90. The van der Waals surface area contributed by atoms with Gasteiger partial charge < -0.3 is 15.8 Å². The van der Waals surface area contributed by atoms with Crippen LogP contribution < -0.4 is 11.1 Å². The van der Waals surface area contributed by atoms with Crippen molar-refractivity contribution in [3.8, 4) is 11.8 Å². The highest BCUT2D eigenvalue weighted by Crippen LogP contribution is 2.23. The lowest BCUT2D eigenvalue weighted by molar-refractivity contribution is 0.0175. The third-order valence-electron chi connectivity index (χ3n) is 3.31. The number of rotatable bonds is 3. The summed E-state index contributed by atoms with van der Waals surface area (Å²) in [5.41, 5.74) is 5.87. The van der Waals surface area contributed by atoms with Crippen LogP contribution in [0, 0.1) is 17.7 Å². The number of carbonyl (C=O) groups excluding carboxylic acids is 1. The number of hydrogen-bond acceptors (Lipinski definition) is 3. The van der Waals surface area contributed by atoms with E-state index in [0.29, 0.717) is 5.56 Å². The number of benzene rings is 1. The molecule has 0 heterocycles. The number of amides is 1. The van der Waals surface area contributed by atoms with Gasteiger partial charge in [0.25, 0.3) is 5.91 Å². The van der Waals surface area contributed by atoms with E-state index in [1.807, 2.05) is 0 Å². The Morgan fingerprint density at radius 3 is 2.95 bits per heavy atom. The number of ether oxygens (including phenoxy) is 1. The summed E-state index contributed by atoms with van der Waals surface area (Å²) in [6.07, 6.45) is 1.71. The van der Waals surface area contributed by atoms with E-state index < -0.39 is 11.7 Å². The standard InChI is InChI=1S/C15H17FN2O2/c1-20-12-8-11(9-12)18-15(19)13-7-10(3-2-6-17)4-5-14(13)16/h4-5,7,11-12H,6,8-9,17H2,1H3,(H,18,19). The molecule has 0 aromatic heterocycles. The predicted molar refractivity (Wildman–Crippen MR) is 73.6 cm³/mol. The Kier molecular flexibility index (Phi) is 4.72. The van der Waals surface area contributed by atoms with Crippen molar-refractivity contribution in [3.63, 3.8) is 0 Å². The van der Waals surface area contributed by atoms with Gasteiger partial charge in [0.2, 0.25) is 0 Å². The molecule has 1 amide bonds. The zero-order valence-corrected chi connectivity index (χ0v) is 11.3. The zero-order chi connectivity index (χ0) is 14.5. The summed E-state index contributed by atoms with van der Waals surface area (Å²) in [7, 11) is 1.64. The van der Waals surface area contributed by atoms with Gasteiger partial charge in [-0.2, -0.15) is 0 Å². The monoisotopic (exact) mass is 276 g/mol. The van der Waals surface area contributed by atoms with Crippen LogP contribution in [0.5, 0.6) is 0 Å². The molecule has 1 aliphatic carbocycles. The minimum atomic E-state index is -0.552. The quantitative estimate of drug-likeness (QED) is 0.811. The number of hydrogen-bond donors (Lipinski definition) is 2. The van der Waals surface area contributed by atoms with Crippen molar-refractivity contribution in [1.29, 1.82) is 0 Å². The van der Waals surface area contributed by atoms with E-state index in [1.54, 1.807) is 7.11 Å². The van der Waals surface area contributed by atoms with Gasteiger partial charge >= 0.3 is 0 Å². The summed E-state index contributed by atoms with van der Waals surface area (Å²) in [6.45, 7) is 0.222. The first-order valence-electron chi connectivity index (χ1n) is 6.46. The van der Waals surface area contributed by atoms with Crippen molar-refractivity contribution in [2.24, 2.45) is 5.73 Å². The fourth-order valence-electron chi connectivity index (χ4n) is 2.07. The van der Waals surface area contributed by atoms with Crippen LogP contribution in [0.15, 0.2) is 18.2 Å². The van der Waals surface area contributed by atoms with Crippen LogP contribution in [0.4, 0.5) is 4.39 Å². The molecule has 2 rings (SSSR count). The third-order valence-corrected chi connectivity index (χ3v) is 3.31. The van der Waals surface area contributed by atoms with Gasteiger partial charge in [-0.3, -0.25) is 4.79 Å². The molecule has 4 nitrogen and oxygen atoms in total. The van der Waals surface area contributed by atoms with E-state index in [1.165, 1.54) is 18.2 Å². The third kappa shape index (κ3) is 3.35. The lowest BCUT2D eigenvalue weighted by atomic mass is 9.89. The molecule has 1 aromatic carbocycles. The molecule has 1 fully saturated rings. The average molecular weight is 276 g/mol. The highest BCUT2D eigenvalue weighted by atomic mass is 19.1. The number of carbonyl (C=O) groups is 1. The van der Waals surface area contributed by atoms with E-state index in [4.69, 9.17) is 10.5 Å². The molecule has 0 bridgehead atoms. The molecule has 0 radical (unpaired) electrons. The Bertz CT molecular complexity index is 557. The van der Waals surface area contributed by atoms with Crippen LogP contribution in [0.3, 0.4) is 0 Å². The van der Waals surface area contributed by atoms with Gasteiger partial charge in [0.05, 0.1) is 18.2 Å². The Labute approximate surface area is 117 Å². The molecule has 1 aliphatic rings. The van der Waals surface area contributed by atoms with E-state index in [0.717, 1.165) is 12.8 Å². The van der Waals surface area contributed by atoms with E-state index in [-0.39, 0.29) is 24.3 Å². The maximum absolute atomic E-state index is 13.7. The van der Waals surface area contributed by atoms with Crippen LogP contribution in [0.1, 0.15) is 28.8 Å². The summed E-state index contributed by atoms with van der Waals surface area (Å²) in [4.78, 5) is 12.0. The van der Waals surface area contributed by atoms with Crippen molar-refractivity contribution in [2.45, 2.75) is 25.0 Å². The largest absolute Gasteiger partial charge is 0.381 e. The molecule has 0 spiro atoms. The van der Waals surface area contributed by atoms with E-state index >= 15 is 0 Å². The molecule has 0 saturated heterocycles. The van der Waals surface area contributed by atoms with Crippen LogP contribution >= 0.6 is 0 Å². The summed E-state index contributed by atoms with van der Waals surface area (Å²) in [5, 5.41) is 2.79. The fraction of sp³-hybridized carbons (Fsp3) is 0.400. The first-order chi connectivity index (χ1) is 9.63. The number of nitrogens with two attached hydrogens (primary N) is 1. The van der Waals surface area contributed by atoms with Gasteiger partial charge in [-0.15, -0.1) is 0 Å². The first-order valence-corrected chi connectivity index (χ1v) is 6.46. The predicted octanol–water partition coefficient (Wildman–Crippen LogP) is 1.04. The van der Waals surface area contributed by atoms with Gasteiger partial charge in [-0.1, -0.05) is 11.8 Å². The molecular formula is C15H17FN2O2. The highest BCUT2D eigenvalue weighted by Gasteiger charge is 2.30. The van der Waals surface area contributed by atoms with Gasteiger partial charge in [-0.05, 0) is 31.0 Å². The SMILES string of the molecule is COC1CC(NC(=O)c2cc(C#CCN)ccc2F)C1. The minimum Gasteiger partial charge on any atom is -0.381 e. The van der Waals surface area contributed by atoms with E-state index in [2.05, 4.69) is 17.2 Å². The molecule has 106 valence electrons. The molecule has 0 aliphatic heterocycles. The maximum atomic E-state index is 13.7. The summed E-state index contributed by atoms with van der Waals surface area (Å²) >= 11 is 0. The molecule has 0 atom stereocenters. The van der Waals surface area contributed by atoms with Gasteiger partial charge in [0.15, 0.2) is 0 Å². The van der Waals surface area contributed by atoms with Crippen molar-refractivity contribution in [2.75, 3.05) is 13.7 Å². The van der Waals surface area contributed by atoms with Crippen molar-refractivity contribution >= 4 is 5.91 Å². The first kappa shape index (κ1) is 14.5. The molecule has 5 heteroatoms. The molecule has 20 heavy (non-hydrogen) atoms. The Morgan fingerprint density at radius 1 is 1.55 bits per heavy atom. The average Bonchev–Trinajstić information content (AvgIpc) is 2.41. The number of nitrogens with one attached hydrogen (secondary N) is 1. The van der Waals surface area contributed by atoms with E-state index in [9.17, 15) is 9.18 Å². The second-order valence-corrected chi connectivity index (χ2v) is 4.70. The minimum absolute atomic E-state index is 0.00897. The molecule has 1 saturated carbocycles. The van der Waals surface area contributed by atoms with Crippen LogP contribution in [0.2, 0.25) is 0 Å². The van der Waals surface area contributed by atoms with Crippen molar-refractivity contribution in [3.05, 3.63) is 35.1 Å². The topological polar surface area (TPSA) is 64.3 Å². The normalized spacial score (nSPS) is 20.6. The molecule has 0 unspecified atom stereocenters. The molecule has 1 aromatic rings. The molecular weight excluding hydrogens is 259 g/mol. The summed E-state index contributed by atoms with van der Waals surface area (Å²) in [5.74, 6) is 4.49. The van der Waals surface area contributed by atoms with Gasteiger partial charge in [-0.25, -0.2) is 4.39 Å². The van der Waals surface area contributed by atoms with Gasteiger partial charge in [0.1, 0.15) is 5.82 Å². The smallest absolute Gasteiger partial charge is 0.254 e. The summed E-state index contributed by atoms with van der Waals surface area (Å²) in [6, 6.07) is 4.26. The Balaban J connectivity index is 2.05. The number of methoxy groups -OCH3 is 1. The van der Waals surface area contributed by atoms with Crippen LogP contribution in [0.25, 0.3) is 0 Å². The number of halogens is 1. The second-order valence-electron chi connectivity index (χ2n) is 4.70. The fourth-order valence-corrected chi connectivity index (χ4v) is 2.07. The van der Waals surface area contributed by atoms with Crippen LogP contribution in [-0.4, -0.2) is 31.7 Å². The lowest BCUT2D eigenvalue weighted by Gasteiger charge is -2.34. The van der Waals surface area contributed by atoms with Crippen molar-refractivity contribution in [1.82, 2.24) is 5.32 Å². The zero-order valence-electron chi connectivity index (χ0n) is 11.3. The van der Waals surface area contributed by atoms with Crippen LogP contribution in [-0.2, 0) is 4.74 Å².